The molecule has 9 heteroatoms. The third-order valence-electron chi connectivity index (χ3n) is 5.26. The van der Waals surface area contributed by atoms with Crippen LogP contribution in [0.3, 0.4) is 0 Å². The minimum Gasteiger partial charge on any atom is -0.360 e. The minimum atomic E-state index is -4.43. The van der Waals surface area contributed by atoms with Crippen molar-refractivity contribution in [2.45, 2.75) is 31.4 Å². The van der Waals surface area contributed by atoms with E-state index in [0.29, 0.717) is 29.4 Å². The number of alkyl halides is 3. The summed E-state index contributed by atoms with van der Waals surface area (Å²) in [6, 6.07) is 7.19. The summed E-state index contributed by atoms with van der Waals surface area (Å²) in [7, 11) is 0. The van der Waals surface area contributed by atoms with Crippen LogP contribution in [0.25, 0.3) is 22.3 Å². The number of carbonyl (C=O) groups excluding carboxylic acids is 1. The second-order valence-corrected chi connectivity index (χ2v) is 7.61. The molecule has 2 heterocycles. The van der Waals surface area contributed by atoms with Crippen molar-refractivity contribution < 1.29 is 18.0 Å². The Bertz CT molecular complexity index is 1050. The molecule has 0 radical (unpaired) electrons. The number of nitrogens with zero attached hydrogens (tertiary/aromatic N) is 2. The molecular formula is C20H18ClF3N4O. The molecule has 1 aliphatic rings. The van der Waals surface area contributed by atoms with Crippen molar-refractivity contribution in [3.8, 4) is 11.4 Å². The predicted octanol–water partition coefficient (Wildman–Crippen LogP) is 4.84. The highest BCUT2D eigenvalue weighted by molar-refractivity contribution is 6.31. The fourth-order valence-electron chi connectivity index (χ4n) is 3.93. The highest BCUT2D eigenvalue weighted by Gasteiger charge is 2.37. The average molecular weight is 423 g/mol. The van der Waals surface area contributed by atoms with Crippen LogP contribution in [0.2, 0.25) is 5.02 Å². The van der Waals surface area contributed by atoms with E-state index in [1.807, 2.05) is 17.4 Å². The molecule has 5 nitrogen and oxygen atoms in total. The van der Waals surface area contributed by atoms with E-state index in [4.69, 9.17) is 11.6 Å². The third kappa shape index (κ3) is 4.22. The van der Waals surface area contributed by atoms with E-state index in [9.17, 15) is 18.0 Å². The lowest BCUT2D eigenvalue weighted by atomic mass is 9.91. The number of rotatable bonds is 4. The molecule has 29 heavy (non-hydrogen) atoms. The number of hydrogen-bond donors (Lipinski definition) is 2. The van der Waals surface area contributed by atoms with Crippen molar-refractivity contribution >= 4 is 28.4 Å². The number of nitrogens with one attached hydrogen (secondary N) is 2. The minimum absolute atomic E-state index is 0.237. The lowest BCUT2D eigenvalue weighted by Crippen LogP contribution is -2.38. The topological polar surface area (TPSA) is 70.7 Å². The van der Waals surface area contributed by atoms with Gasteiger partial charge in [0.1, 0.15) is 6.54 Å². The molecule has 1 saturated carbocycles. The van der Waals surface area contributed by atoms with Crippen molar-refractivity contribution in [3.63, 3.8) is 0 Å². The van der Waals surface area contributed by atoms with Gasteiger partial charge in [-0.25, -0.2) is 9.97 Å². The number of amides is 1. The van der Waals surface area contributed by atoms with E-state index in [1.54, 1.807) is 24.5 Å². The molecule has 1 aliphatic carbocycles. The monoisotopic (exact) mass is 422 g/mol. The SMILES string of the molecule is O=C(NCC(F)(F)F)[C@H]1CCCC1c1ccnc(-c2c[nH]c3ccc(Cl)cc23)n1. The Morgan fingerprint density at radius 3 is 2.90 bits per heavy atom. The molecule has 0 bridgehead atoms. The summed E-state index contributed by atoms with van der Waals surface area (Å²) in [4.78, 5) is 24.5. The Labute approximate surface area is 169 Å². The van der Waals surface area contributed by atoms with Crippen molar-refractivity contribution in [1.29, 1.82) is 0 Å². The summed E-state index contributed by atoms with van der Waals surface area (Å²) >= 11 is 6.11. The molecule has 2 aromatic heterocycles. The molecule has 0 aliphatic heterocycles. The van der Waals surface area contributed by atoms with Crippen molar-refractivity contribution in [1.82, 2.24) is 20.3 Å². The summed E-state index contributed by atoms with van der Waals surface area (Å²) in [5.41, 5.74) is 2.33. The summed E-state index contributed by atoms with van der Waals surface area (Å²) in [5.74, 6) is -0.863. The highest BCUT2D eigenvalue weighted by atomic mass is 35.5. The number of fused-ring (bicyclic) bond motifs is 1. The number of aromatic nitrogens is 3. The fourth-order valence-corrected chi connectivity index (χ4v) is 4.11. The van der Waals surface area contributed by atoms with Crippen LogP contribution in [0.15, 0.2) is 36.7 Å². The zero-order valence-electron chi connectivity index (χ0n) is 15.3. The van der Waals surface area contributed by atoms with Crippen LogP contribution in [0.4, 0.5) is 13.2 Å². The maximum atomic E-state index is 12.4. The van der Waals surface area contributed by atoms with Gasteiger partial charge in [0.25, 0.3) is 0 Å². The molecule has 1 fully saturated rings. The van der Waals surface area contributed by atoms with Gasteiger partial charge in [-0.15, -0.1) is 0 Å². The van der Waals surface area contributed by atoms with Gasteiger partial charge >= 0.3 is 6.18 Å². The van der Waals surface area contributed by atoms with Gasteiger partial charge in [0, 0.05) is 51.4 Å². The van der Waals surface area contributed by atoms with Crippen LogP contribution in [0, 0.1) is 5.92 Å². The van der Waals surface area contributed by atoms with Gasteiger partial charge in [0.2, 0.25) is 5.91 Å². The lowest BCUT2D eigenvalue weighted by Gasteiger charge is -2.19. The molecular weight excluding hydrogens is 405 g/mol. The standard InChI is InChI=1S/C20H18ClF3N4O/c21-11-4-5-16-14(8-11)15(9-26-16)18-25-7-6-17(28-18)12-2-1-3-13(12)19(29)27-10-20(22,23)24/h4-9,12-13,26H,1-3,10H2,(H,27,29)/t12?,13-/m0/s1. The van der Waals surface area contributed by atoms with Crippen molar-refractivity contribution in [3.05, 3.63) is 47.4 Å². The van der Waals surface area contributed by atoms with Crippen LogP contribution in [-0.2, 0) is 4.79 Å². The molecule has 1 aromatic carbocycles. The number of hydrogen-bond acceptors (Lipinski definition) is 3. The lowest BCUT2D eigenvalue weighted by molar-refractivity contribution is -0.141. The largest absolute Gasteiger partial charge is 0.405 e. The number of halogens is 4. The molecule has 1 amide bonds. The van der Waals surface area contributed by atoms with Crippen molar-refractivity contribution in [2.75, 3.05) is 6.54 Å². The Kier molecular flexibility index (Phi) is 5.21. The van der Waals surface area contributed by atoms with Gasteiger partial charge in [-0.1, -0.05) is 18.0 Å². The van der Waals surface area contributed by atoms with E-state index in [-0.39, 0.29) is 5.92 Å². The Morgan fingerprint density at radius 2 is 2.10 bits per heavy atom. The second kappa shape index (κ2) is 7.67. The molecule has 4 rings (SSSR count). The molecule has 2 N–H and O–H groups in total. The molecule has 0 spiro atoms. The Hall–Kier alpha value is -2.61. The first kappa shape index (κ1) is 19.7. The van der Waals surface area contributed by atoms with Crippen molar-refractivity contribution in [2.24, 2.45) is 5.92 Å². The van der Waals surface area contributed by atoms with E-state index < -0.39 is 24.5 Å². The zero-order chi connectivity index (χ0) is 20.6. The normalized spacial score (nSPS) is 19.6. The molecule has 2 atom stereocenters. The number of aromatic amines is 1. The molecule has 0 saturated heterocycles. The summed E-state index contributed by atoms with van der Waals surface area (Å²) in [6.07, 6.45) is 0.974. The van der Waals surface area contributed by atoms with Crippen LogP contribution < -0.4 is 5.32 Å². The first-order valence-corrected chi connectivity index (χ1v) is 9.64. The van der Waals surface area contributed by atoms with Gasteiger partial charge in [0.05, 0.1) is 0 Å². The third-order valence-corrected chi connectivity index (χ3v) is 5.49. The number of H-pyrrole nitrogens is 1. The van der Waals surface area contributed by atoms with Gasteiger partial charge < -0.3 is 10.3 Å². The summed E-state index contributed by atoms with van der Waals surface area (Å²) in [6.45, 7) is -1.32. The maximum Gasteiger partial charge on any atom is 0.405 e. The maximum absolute atomic E-state index is 12.4. The first-order chi connectivity index (χ1) is 13.8. The van der Waals surface area contributed by atoms with E-state index in [1.165, 1.54) is 0 Å². The molecule has 152 valence electrons. The van der Waals surface area contributed by atoms with Gasteiger partial charge in [-0.3, -0.25) is 4.79 Å². The van der Waals surface area contributed by atoms with Gasteiger partial charge in [-0.2, -0.15) is 13.2 Å². The van der Waals surface area contributed by atoms with E-state index >= 15 is 0 Å². The number of carbonyl (C=O) groups is 1. The van der Waals surface area contributed by atoms with E-state index in [0.717, 1.165) is 22.9 Å². The quantitative estimate of drug-likeness (QED) is 0.632. The molecule has 3 aromatic rings. The first-order valence-electron chi connectivity index (χ1n) is 9.26. The second-order valence-electron chi connectivity index (χ2n) is 7.17. The van der Waals surface area contributed by atoms with E-state index in [2.05, 4.69) is 15.0 Å². The van der Waals surface area contributed by atoms with Crippen LogP contribution >= 0.6 is 11.6 Å². The van der Waals surface area contributed by atoms with Crippen LogP contribution in [0.5, 0.6) is 0 Å². The van der Waals surface area contributed by atoms with Gasteiger partial charge in [0.15, 0.2) is 5.82 Å². The zero-order valence-corrected chi connectivity index (χ0v) is 16.0. The fraction of sp³-hybridized carbons (Fsp3) is 0.350. The van der Waals surface area contributed by atoms with Crippen LogP contribution in [-0.4, -0.2) is 33.6 Å². The predicted molar refractivity (Wildman–Crippen MR) is 103 cm³/mol. The Morgan fingerprint density at radius 1 is 1.28 bits per heavy atom. The smallest absolute Gasteiger partial charge is 0.360 e. The van der Waals surface area contributed by atoms with Gasteiger partial charge in [-0.05, 0) is 37.1 Å². The molecule has 1 unspecified atom stereocenters. The summed E-state index contributed by atoms with van der Waals surface area (Å²) < 4.78 is 37.3. The average Bonchev–Trinajstić information content (AvgIpc) is 3.32. The summed E-state index contributed by atoms with van der Waals surface area (Å²) in [5, 5.41) is 3.47. The van der Waals surface area contributed by atoms with Crippen LogP contribution in [0.1, 0.15) is 30.9 Å². The number of benzene rings is 1. The highest BCUT2D eigenvalue weighted by Crippen LogP contribution is 2.39. The Balaban J connectivity index is 1.61.